The van der Waals surface area contributed by atoms with Crippen molar-refractivity contribution in [1.29, 1.82) is 0 Å². The summed E-state index contributed by atoms with van der Waals surface area (Å²) in [5, 5.41) is 6.90. The Balaban J connectivity index is 1.49. The highest BCUT2D eigenvalue weighted by Gasteiger charge is 2.15. The smallest absolute Gasteiger partial charge is 0.255 e. The van der Waals surface area contributed by atoms with Gasteiger partial charge in [-0.15, -0.1) is 0 Å². The van der Waals surface area contributed by atoms with Crippen LogP contribution in [-0.4, -0.2) is 42.4 Å². The minimum absolute atomic E-state index is 0.186. The molecule has 7 nitrogen and oxygen atoms in total. The van der Waals surface area contributed by atoms with E-state index in [2.05, 4.69) is 20.4 Å². The van der Waals surface area contributed by atoms with E-state index in [1.54, 1.807) is 18.3 Å². The summed E-state index contributed by atoms with van der Waals surface area (Å²) in [6.07, 6.45) is 1.62. The molecule has 1 fully saturated rings. The Labute approximate surface area is 163 Å². The first kappa shape index (κ1) is 18.2. The van der Waals surface area contributed by atoms with Crippen molar-refractivity contribution in [2.45, 2.75) is 13.8 Å². The van der Waals surface area contributed by atoms with Crippen LogP contribution in [0.5, 0.6) is 0 Å². The lowest BCUT2D eigenvalue weighted by Crippen LogP contribution is -2.36. The number of nitrogens with one attached hydrogen (secondary N) is 1. The Bertz CT molecular complexity index is 956. The fourth-order valence-electron chi connectivity index (χ4n) is 3.34. The van der Waals surface area contributed by atoms with Crippen molar-refractivity contribution in [3.05, 3.63) is 59.6 Å². The van der Waals surface area contributed by atoms with E-state index in [0.29, 0.717) is 17.0 Å². The van der Waals surface area contributed by atoms with E-state index >= 15 is 0 Å². The third-order valence-corrected chi connectivity index (χ3v) is 4.81. The molecule has 28 heavy (non-hydrogen) atoms. The van der Waals surface area contributed by atoms with Gasteiger partial charge in [-0.25, -0.2) is 0 Å². The first-order chi connectivity index (χ1) is 13.6. The van der Waals surface area contributed by atoms with Gasteiger partial charge in [0.05, 0.1) is 30.2 Å². The van der Waals surface area contributed by atoms with Crippen LogP contribution in [0.3, 0.4) is 0 Å². The minimum atomic E-state index is -0.186. The molecule has 1 saturated heterocycles. The molecule has 1 aromatic carbocycles. The number of pyridine rings is 1. The second-order valence-corrected chi connectivity index (χ2v) is 6.73. The molecule has 144 valence electrons. The molecule has 0 bridgehead atoms. The van der Waals surface area contributed by atoms with Crippen LogP contribution in [-0.2, 0) is 4.74 Å². The zero-order valence-corrected chi connectivity index (χ0v) is 15.9. The van der Waals surface area contributed by atoms with Crippen LogP contribution < -0.4 is 10.2 Å². The minimum Gasteiger partial charge on any atom is -0.378 e. The molecule has 0 radical (unpaired) electrons. The van der Waals surface area contributed by atoms with Gasteiger partial charge in [0, 0.05) is 36.2 Å². The van der Waals surface area contributed by atoms with Gasteiger partial charge >= 0.3 is 0 Å². The summed E-state index contributed by atoms with van der Waals surface area (Å²) in [5.74, 6) is 0.496. The number of benzene rings is 1. The van der Waals surface area contributed by atoms with E-state index in [9.17, 15) is 4.79 Å². The van der Waals surface area contributed by atoms with Crippen molar-refractivity contribution < 1.29 is 14.1 Å². The number of hydrogen-bond acceptors (Lipinski definition) is 6. The number of morpholine rings is 1. The van der Waals surface area contributed by atoms with Crippen LogP contribution in [0.2, 0.25) is 0 Å². The number of aromatic nitrogens is 2. The molecule has 1 aliphatic heterocycles. The molecule has 7 heteroatoms. The Morgan fingerprint density at radius 1 is 1.11 bits per heavy atom. The summed E-state index contributed by atoms with van der Waals surface area (Å²) in [5.41, 5.74) is 4.66. The number of amides is 1. The van der Waals surface area contributed by atoms with E-state index < -0.39 is 0 Å². The number of aryl methyl sites for hydroxylation is 2. The molecule has 4 rings (SSSR count). The molecule has 0 spiro atoms. The lowest BCUT2D eigenvalue weighted by Gasteiger charge is -2.28. The summed E-state index contributed by atoms with van der Waals surface area (Å²) in [6, 6.07) is 11.3. The maximum Gasteiger partial charge on any atom is 0.255 e. The van der Waals surface area contributed by atoms with Crippen molar-refractivity contribution in [3.8, 4) is 11.3 Å². The molecule has 3 heterocycles. The van der Waals surface area contributed by atoms with Crippen LogP contribution in [0.25, 0.3) is 11.3 Å². The van der Waals surface area contributed by atoms with Crippen molar-refractivity contribution in [3.63, 3.8) is 0 Å². The third kappa shape index (κ3) is 3.75. The number of anilines is 2. The normalized spacial score (nSPS) is 14.1. The summed E-state index contributed by atoms with van der Waals surface area (Å²) < 4.78 is 10.6. The van der Waals surface area contributed by atoms with Gasteiger partial charge in [-0.05, 0) is 50.2 Å². The topological polar surface area (TPSA) is 80.5 Å². The first-order valence-electron chi connectivity index (χ1n) is 9.25. The largest absolute Gasteiger partial charge is 0.378 e. The van der Waals surface area contributed by atoms with Gasteiger partial charge in [0.15, 0.2) is 0 Å². The molecule has 0 atom stereocenters. The highest BCUT2D eigenvalue weighted by molar-refractivity contribution is 6.04. The lowest BCUT2D eigenvalue weighted by atomic mass is 10.1. The van der Waals surface area contributed by atoms with Crippen LogP contribution in [0.1, 0.15) is 21.8 Å². The Kier molecular flexibility index (Phi) is 5.08. The average Bonchev–Trinajstić information content (AvgIpc) is 3.07. The van der Waals surface area contributed by atoms with E-state index in [1.807, 2.05) is 38.1 Å². The van der Waals surface area contributed by atoms with Crippen molar-refractivity contribution in [2.24, 2.45) is 0 Å². The maximum atomic E-state index is 12.7. The first-order valence-corrected chi connectivity index (χ1v) is 9.25. The summed E-state index contributed by atoms with van der Waals surface area (Å²) in [6.45, 7) is 6.94. The molecule has 2 aromatic heterocycles. The van der Waals surface area contributed by atoms with Gasteiger partial charge in [0.2, 0.25) is 0 Å². The molecule has 1 N–H and O–H groups in total. The molecule has 1 aliphatic rings. The molecular formula is C21H22N4O3. The number of rotatable bonds is 4. The Morgan fingerprint density at radius 3 is 2.54 bits per heavy atom. The van der Waals surface area contributed by atoms with Crippen LogP contribution in [0.4, 0.5) is 11.4 Å². The summed E-state index contributed by atoms with van der Waals surface area (Å²) in [7, 11) is 0. The monoisotopic (exact) mass is 378 g/mol. The maximum absolute atomic E-state index is 12.7. The molecular weight excluding hydrogens is 356 g/mol. The van der Waals surface area contributed by atoms with Crippen LogP contribution >= 0.6 is 0 Å². The molecule has 0 saturated carbocycles. The average molecular weight is 378 g/mol. The lowest BCUT2D eigenvalue weighted by molar-refractivity contribution is 0.102. The number of carbonyl (C=O) groups excluding carboxylic acids is 1. The summed E-state index contributed by atoms with van der Waals surface area (Å²) >= 11 is 0. The number of hydrogen-bond donors (Lipinski definition) is 1. The molecule has 0 unspecified atom stereocenters. The highest BCUT2D eigenvalue weighted by atomic mass is 16.5. The van der Waals surface area contributed by atoms with Gasteiger partial charge in [-0.2, -0.15) is 0 Å². The van der Waals surface area contributed by atoms with E-state index in [0.717, 1.165) is 48.9 Å². The van der Waals surface area contributed by atoms with E-state index in [-0.39, 0.29) is 5.91 Å². The predicted octanol–water partition coefficient (Wildman–Crippen LogP) is 3.44. The number of ether oxygens (including phenoxy) is 1. The fourth-order valence-corrected chi connectivity index (χ4v) is 3.34. The van der Waals surface area contributed by atoms with Gasteiger partial charge in [-0.3, -0.25) is 9.78 Å². The van der Waals surface area contributed by atoms with Crippen molar-refractivity contribution in [2.75, 3.05) is 36.5 Å². The van der Waals surface area contributed by atoms with Crippen LogP contribution in [0, 0.1) is 13.8 Å². The van der Waals surface area contributed by atoms with Crippen molar-refractivity contribution in [1.82, 2.24) is 10.1 Å². The second-order valence-electron chi connectivity index (χ2n) is 6.73. The predicted molar refractivity (Wildman–Crippen MR) is 107 cm³/mol. The third-order valence-electron chi connectivity index (χ3n) is 4.81. The number of carbonyl (C=O) groups is 1. The molecule has 1 amide bonds. The molecule has 0 aliphatic carbocycles. The fraction of sp³-hybridized carbons (Fsp3) is 0.286. The zero-order valence-electron chi connectivity index (χ0n) is 15.9. The summed E-state index contributed by atoms with van der Waals surface area (Å²) in [4.78, 5) is 19.3. The highest BCUT2D eigenvalue weighted by Crippen LogP contribution is 2.26. The quantitative estimate of drug-likeness (QED) is 0.749. The Morgan fingerprint density at radius 2 is 1.86 bits per heavy atom. The van der Waals surface area contributed by atoms with Gasteiger partial charge in [-0.1, -0.05) is 5.16 Å². The SMILES string of the molecule is Cc1noc(C)c1-c1cc(C(=O)Nc2ccc(N3CCOCC3)cc2)ccn1. The van der Waals surface area contributed by atoms with Gasteiger partial charge in [0.25, 0.3) is 5.91 Å². The second kappa shape index (κ2) is 7.82. The number of nitrogens with zero attached hydrogens (tertiary/aromatic N) is 3. The standard InChI is InChI=1S/C21H22N4O3/c1-14-20(15(2)28-24-14)19-13-16(7-8-22-19)21(26)23-17-3-5-18(6-4-17)25-9-11-27-12-10-25/h3-8,13H,9-12H2,1-2H3,(H,23,26). The van der Waals surface area contributed by atoms with Gasteiger partial charge in [0.1, 0.15) is 5.76 Å². The van der Waals surface area contributed by atoms with Crippen LogP contribution in [0.15, 0.2) is 47.1 Å². The molecule has 3 aromatic rings. The van der Waals surface area contributed by atoms with Gasteiger partial charge < -0.3 is 19.5 Å². The Hall–Kier alpha value is -3.19. The zero-order chi connectivity index (χ0) is 19.5. The van der Waals surface area contributed by atoms with Crippen molar-refractivity contribution >= 4 is 17.3 Å². The van der Waals surface area contributed by atoms with E-state index in [4.69, 9.17) is 9.26 Å². The van der Waals surface area contributed by atoms with E-state index in [1.165, 1.54) is 0 Å².